The van der Waals surface area contributed by atoms with Gasteiger partial charge in [-0.05, 0) is 68.8 Å². The number of rotatable bonds is 6. The molecule has 0 N–H and O–H groups in total. The molecule has 1 aliphatic rings. The highest BCUT2D eigenvalue weighted by atomic mass is 32.2. The maximum Gasteiger partial charge on any atom is 0.0723 e. The molecule has 0 saturated carbocycles. The molecule has 0 fully saturated rings. The molecule has 9 rings (SSSR count). The standard InChI is InChI=1S/C48H33NS/c1-5-15-34(16-6-1)39-31-44(36-17-7-2-8-18-36)49-45(32-39)37-27-25-35(26-28-37)38-29-30-43-47(33-38)50-46-24-14-13-23-42(46)48(43,40-19-9-3-10-20-40)41-21-11-4-12-22-41/h1-33H. The third-order valence-electron chi connectivity index (χ3n) is 9.83. The van der Waals surface area contributed by atoms with Crippen molar-refractivity contribution in [3.05, 3.63) is 222 Å². The number of hydrogen-bond donors (Lipinski definition) is 0. The Morgan fingerprint density at radius 1 is 0.320 bits per heavy atom. The summed E-state index contributed by atoms with van der Waals surface area (Å²) in [6.45, 7) is 0. The van der Waals surface area contributed by atoms with Crippen molar-refractivity contribution in [2.45, 2.75) is 15.2 Å². The first-order chi connectivity index (χ1) is 24.8. The molecule has 8 aromatic rings. The molecule has 1 aliphatic heterocycles. The number of pyridine rings is 1. The monoisotopic (exact) mass is 655 g/mol. The van der Waals surface area contributed by atoms with Gasteiger partial charge in [0.1, 0.15) is 0 Å². The van der Waals surface area contributed by atoms with Crippen molar-refractivity contribution in [2.75, 3.05) is 0 Å². The lowest BCUT2D eigenvalue weighted by molar-refractivity contribution is 0.703. The summed E-state index contributed by atoms with van der Waals surface area (Å²) in [5.41, 5.74) is 13.6. The van der Waals surface area contributed by atoms with Crippen LogP contribution in [0.25, 0.3) is 44.8 Å². The van der Waals surface area contributed by atoms with E-state index in [1.165, 1.54) is 48.7 Å². The minimum absolute atomic E-state index is 0.423. The van der Waals surface area contributed by atoms with Gasteiger partial charge in [-0.25, -0.2) is 4.98 Å². The van der Waals surface area contributed by atoms with E-state index in [1.807, 2.05) is 17.8 Å². The molecule has 0 spiro atoms. The smallest absolute Gasteiger partial charge is 0.0723 e. The minimum Gasteiger partial charge on any atom is -0.248 e. The van der Waals surface area contributed by atoms with E-state index < -0.39 is 5.41 Å². The first-order valence-corrected chi connectivity index (χ1v) is 17.9. The number of hydrogen-bond acceptors (Lipinski definition) is 2. The van der Waals surface area contributed by atoms with Crippen LogP contribution in [0.2, 0.25) is 0 Å². The van der Waals surface area contributed by atoms with Gasteiger partial charge in [0.2, 0.25) is 0 Å². The zero-order chi connectivity index (χ0) is 33.3. The van der Waals surface area contributed by atoms with Gasteiger partial charge < -0.3 is 0 Å². The van der Waals surface area contributed by atoms with Gasteiger partial charge >= 0.3 is 0 Å². The molecule has 236 valence electrons. The van der Waals surface area contributed by atoms with Gasteiger partial charge in [-0.1, -0.05) is 188 Å². The van der Waals surface area contributed by atoms with E-state index in [0.29, 0.717) is 0 Å². The Morgan fingerprint density at radius 2 is 0.760 bits per heavy atom. The van der Waals surface area contributed by atoms with Crippen LogP contribution in [-0.2, 0) is 5.41 Å². The molecule has 0 radical (unpaired) electrons. The van der Waals surface area contributed by atoms with Crippen molar-refractivity contribution in [1.82, 2.24) is 4.98 Å². The molecule has 2 heteroatoms. The van der Waals surface area contributed by atoms with Crippen molar-refractivity contribution >= 4 is 11.8 Å². The normalized spacial score (nSPS) is 12.9. The minimum atomic E-state index is -0.423. The van der Waals surface area contributed by atoms with Crippen LogP contribution in [-0.4, -0.2) is 4.98 Å². The summed E-state index contributed by atoms with van der Waals surface area (Å²) in [6.07, 6.45) is 0. The van der Waals surface area contributed by atoms with E-state index >= 15 is 0 Å². The zero-order valence-corrected chi connectivity index (χ0v) is 28.2. The molecule has 0 aliphatic carbocycles. The van der Waals surface area contributed by atoms with Gasteiger partial charge in [0.25, 0.3) is 0 Å². The SMILES string of the molecule is c1ccc(-c2cc(-c3ccccc3)nc(-c3ccc(-c4ccc5c(c4)Sc4ccccc4C5(c4ccccc4)c4ccccc4)cc3)c2)cc1. The van der Waals surface area contributed by atoms with Gasteiger partial charge in [0.05, 0.1) is 16.8 Å². The summed E-state index contributed by atoms with van der Waals surface area (Å²) >= 11 is 1.87. The largest absolute Gasteiger partial charge is 0.248 e. The summed E-state index contributed by atoms with van der Waals surface area (Å²) in [4.78, 5) is 7.72. The Labute approximate surface area is 298 Å². The second kappa shape index (κ2) is 12.8. The lowest BCUT2D eigenvalue weighted by Crippen LogP contribution is -2.34. The fraction of sp³-hybridized carbons (Fsp3) is 0.0208. The predicted molar refractivity (Wildman–Crippen MR) is 208 cm³/mol. The third kappa shape index (κ3) is 5.26. The Kier molecular flexibility index (Phi) is 7.72. The Hall–Kier alpha value is -5.96. The molecular formula is C48H33NS. The molecule has 7 aromatic carbocycles. The van der Waals surface area contributed by atoms with Crippen LogP contribution in [0.4, 0.5) is 0 Å². The fourth-order valence-electron chi connectivity index (χ4n) is 7.46. The first kappa shape index (κ1) is 30.1. The van der Waals surface area contributed by atoms with E-state index in [1.54, 1.807) is 0 Å². The number of benzene rings is 7. The summed E-state index contributed by atoms with van der Waals surface area (Å²) in [5.74, 6) is 0. The molecule has 1 aromatic heterocycles. The van der Waals surface area contributed by atoms with E-state index in [4.69, 9.17) is 4.98 Å². The molecule has 0 atom stereocenters. The van der Waals surface area contributed by atoms with Crippen molar-refractivity contribution in [3.8, 4) is 44.8 Å². The predicted octanol–water partition coefficient (Wildman–Crippen LogP) is 12.6. The summed E-state index contributed by atoms with van der Waals surface area (Å²) in [5, 5.41) is 0. The van der Waals surface area contributed by atoms with Crippen LogP contribution >= 0.6 is 11.8 Å². The molecule has 1 nitrogen and oxygen atoms in total. The maximum absolute atomic E-state index is 5.15. The van der Waals surface area contributed by atoms with Crippen LogP contribution in [0, 0.1) is 0 Å². The zero-order valence-electron chi connectivity index (χ0n) is 27.4. The summed E-state index contributed by atoms with van der Waals surface area (Å²) < 4.78 is 0. The average Bonchev–Trinajstić information content (AvgIpc) is 3.21. The highest BCUT2D eigenvalue weighted by Crippen LogP contribution is 2.56. The highest BCUT2D eigenvalue weighted by molar-refractivity contribution is 7.99. The average molecular weight is 656 g/mol. The Bertz CT molecular complexity index is 2320. The van der Waals surface area contributed by atoms with Crippen LogP contribution in [0.3, 0.4) is 0 Å². The molecule has 0 bridgehead atoms. The van der Waals surface area contributed by atoms with E-state index in [2.05, 4.69) is 194 Å². The Balaban J connectivity index is 1.14. The lowest BCUT2D eigenvalue weighted by atomic mass is 9.64. The summed E-state index contributed by atoms with van der Waals surface area (Å²) in [6, 6.07) is 72.2. The summed E-state index contributed by atoms with van der Waals surface area (Å²) in [7, 11) is 0. The molecular weight excluding hydrogens is 623 g/mol. The van der Waals surface area contributed by atoms with Crippen molar-refractivity contribution in [1.29, 1.82) is 0 Å². The highest BCUT2D eigenvalue weighted by Gasteiger charge is 2.44. The van der Waals surface area contributed by atoms with Gasteiger partial charge in [0.15, 0.2) is 0 Å². The number of fused-ring (bicyclic) bond motifs is 2. The quantitative estimate of drug-likeness (QED) is 0.177. The number of nitrogens with zero attached hydrogens (tertiary/aromatic N) is 1. The third-order valence-corrected chi connectivity index (χ3v) is 11.0. The van der Waals surface area contributed by atoms with E-state index in [-0.39, 0.29) is 0 Å². The second-order valence-corrected chi connectivity index (χ2v) is 13.8. The van der Waals surface area contributed by atoms with Crippen LogP contribution < -0.4 is 0 Å². The van der Waals surface area contributed by atoms with Crippen LogP contribution in [0.1, 0.15) is 22.3 Å². The van der Waals surface area contributed by atoms with Crippen molar-refractivity contribution in [2.24, 2.45) is 0 Å². The molecule has 0 amide bonds. The van der Waals surface area contributed by atoms with Gasteiger partial charge in [0, 0.05) is 20.9 Å². The maximum atomic E-state index is 5.15. The molecule has 0 saturated heterocycles. The van der Waals surface area contributed by atoms with Crippen molar-refractivity contribution < 1.29 is 0 Å². The molecule has 50 heavy (non-hydrogen) atoms. The van der Waals surface area contributed by atoms with Crippen LogP contribution in [0.15, 0.2) is 210 Å². The Morgan fingerprint density at radius 3 is 1.38 bits per heavy atom. The first-order valence-electron chi connectivity index (χ1n) is 17.0. The van der Waals surface area contributed by atoms with E-state index in [0.717, 1.165) is 28.1 Å². The van der Waals surface area contributed by atoms with Crippen molar-refractivity contribution in [3.63, 3.8) is 0 Å². The topological polar surface area (TPSA) is 12.9 Å². The molecule has 2 heterocycles. The fourth-order valence-corrected chi connectivity index (χ4v) is 8.69. The number of aromatic nitrogens is 1. The van der Waals surface area contributed by atoms with E-state index in [9.17, 15) is 0 Å². The van der Waals surface area contributed by atoms with Gasteiger partial charge in [-0.3, -0.25) is 0 Å². The molecule has 0 unspecified atom stereocenters. The lowest BCUT2D eigenvalue weighted by Gasteiger charge is -2.42. The van der Waals surface area contributed by atoms with Gasteiger partial charge in [-0.15, -0.1) is 0 Å². The van der Waals surface area contributed by atoms with Crippen LogP contribution in [0.5, 0.6) is 0 Å². The second-order valence-electron chi connectivity index (χ2n) is 12.7. The van der Waals surface area contributed by atoms with Gasteiger partial charge in [-0.2, -0.15) is 0 Å².